The smallest absolute Gasteiger partial charge is 0.339 e. The van der Waals surface area contributed by atoms with Crippen LogP contribution in [0.15, 0.2) is 49.1 Å². The van der Waals surface area contributed by atoms with Crippen LogP contribution < -0.4 is 10.6 Å². The zero-order valence-electron chi connectivity index (χ0n) is 18.4. The Bertz CT molecular complexity index is 742. The number of pyridine rings is 2. The zero-order valence-corrected chi connectivity index (χ0v) is 18.4. The fourth-order valence-electron chi connectivity index (χ4n) is 1.44. The molecule has 10 heteroatoms. The van der Waals surface area contributed by atoms with Gasteiger partial charge in [-0.1, -0.05) is 13.8 Å². The molecular formula is C21H30N4O6. The summed E-state index contributed by atoms with van der Waals surface area (Å²) < 4.78 is 4.46. The maximum absolute atomic E-state index is 10.8. The van der Waals surface area contributed by atoms with Crippen molar-refractivity contribution in [2.75, 3.05) is 21.2 Å². The summed E-state index contributed by atoms with van der Waals surface area (Å²) in [6.45, 7) is 3.64. The van der Waals surface area contributed by atoms with Crippen molar-refractivity contribution < 1.29 is 29.0 Å². The van der Waals surface area contributed by atoms with E-state index in [1.54, 1.807) is 38.5 Å². The second kappa shape index (κ2) is 19.5. The van der Waals surface area contributed by atoms with Crippen LogP contribution in [0.2, 0.25) is 0 Å². The number of aromatic nitrogens is 2. The number of ether oxygens (including phenoxy) is 1. The lowest BCUT2D eigenvalue weighted by Gasteiger charge is -1.94. The van der Waals surface area contributed by atoms with E-state index in [-0.39, 0.29) is 23.3 Å². The third-order valence-corrected chi connectivity index (χ3v) is 3.19. The minimum atomic E-state index is -0.942. The van der Waals surface area contributed by atoms with Crippen molar-refractivity contribution >= 4 is 23.8 Å². The largest absolute Gasteiger partial charge is 0.478 e. The Kier molecular flexibility index (Phi) is 18.5. The summed E-state index contributed by atoms with van der Waals surface area (Å²) in [4.78, 5) is 48.4. The van der Waals surface area contributed by atoms with Gasteiger partial charge in [-0.15, -0.1) is 0 Å². The number of hydrogen-bond donors (Lipinski definition) is 3. The number of carbonyl (C=O) groups excluding carboxylic acids is 3. The van der Waals surface area contributed by atoms with Crippen molar-refractivity contribution in [1.82, 2.24) is 20.6 Å². The molecule has 2 aromatic heterocycles. The molecule has 2 rings (SSSR count). The number of nitrogens with zero attached hydrogens (tertiary/aromatic N) is 2. The highest BCUT2D eigenvalue weighted by Gasteiger charge is 2.01. The van der Waals surface area contributed by atoms with Crippen molar-refractivity contribution in [2.24, 2.45) is 0 Å². The molecule has 0 unspecified atom stereocenters. The van der Waals surface area contributed by atoms with E-state index in [0.29, 0.717) is 18.4 Å². The molecule has 0 aliphatic rings. The number of carbonyl (C=O) groups is 4. The fourth-order valence-corrected chi connectivity index (χ4v) is 1.44. The van der Waals surface area contributed by atoms with E-state index >= 15 is 0 Å². The number of hydrogen-bond acceptors (Lipinski definition) is 7. The van der Waals surface area contributed by atoms with Crippen LogP contribution in [0.5, 0.6) is 0 Å². The molecule has 0 fully saturated rings. The van der Waals surface area contributed by atoms with Gasteiger partial charge in [-0.3, -0.25) is 19.6 Å². The summed E-state index contributed by atoms with van der Waals surface area (Å²) in [5.74, 6) is -1.11. The van der Waals surface area contributed by atoms with Gasteiger partial charge >= 0.3 is 11.9 Å². The van der Waals surface area contributed by atoms with E-state index in [9.17, 15) is 19.2 Å². The summed E-state index contributed by atoms with van der Waals surface area (Å²) >= 11 is 0. The molecule has 2 heterocycles. The second-order valence-electron chi connectivity index (χ2n) is 5.33. The van der Waals surface area contributed by atoms with Crippen molar-refractivity contribution in [1.29, 1.82) is 0 Å². The summed E-state index contributed by atoms with van der Waals surface area (Å²) in [6.07, 6.45) is 7.07. The van der Waals surface area contributed by atoms with Crippen molar-refractivity contribution in [3.63, 3.8) is 0 Å². The molecule has 3 N–H and O–H groups in total. The van der Waals surface area contributed by atoms with Crippen molar-refractivity contribution in [3.8, 4) is 0 Å². The molecule has 0 saturated heterocycles. The Morgan fingerprint density at radius 1 is 0.871 bits per heavy atom. The lowest BCUT2D eigenvalue weighted by atomic mass is 10.3. The summed E-state index contributed by atoms with van der Waals surface area (Å²) in [5.41, 5.74) is 0.697. The average molecular weight is 434 g/mol. The predicted molar refractivity (Wildman–Crippen MR) is 115 cm³/mol. The topological polar surface area (TPSA) is 148 Å². The molecule has 2 aromatic rings. The zero-order chi connectivity index (χ0) is 24.1. The molecule has 0 aliphatic carbocycles. The number of carboxylic acids is 1. The minimum absolute atomic E-state index is 0.0926. The highest BCUT2D eigenvalue weighted by Crippen LogP contribution is 1.96. The molecule has 0 aromatic carbocycles. The van der Waals surface area contributed by atoms with Crippen LogP contribution in [0.25, 0.3) is 0 Å². The second-order valence-corrected chi connectivity index (χ2v) is 5.33. The molecule has 0 bridgehead atoms. The van der Waals surface area contributed by atoms with Crippen LogP contribution in [0.4, 0.5) is 0 Å². The summed E-state index contributed by atoms with van der Waals surface area (Å²) in [7, 11) is 4.60. The molecule has 0 spiro atoms. The van der Waals surface area contributed by atoms with Gasteiger partial charge in [0.1, 0.15) is 0 Å². The number of amides is 2. The first-order valence-corrected chi connectivity index (χ1v) is 9.29. The molecular weight excluding hydrogens is 404 g/mol. The van der Waals surface area contributed by atoms with Crippen LogP contribution in [-0.2, 0) is 14.3 Å². The molecule has 0 saturated carbocycles. The fraction of sp³-hybridized carbons (Fsp3) is 0.333. The van der Waals surface area contributed by atoms with Crippen LogP contribution in [0, 0.1) is 0 Å². The first kappa shape index (κ1) is 29.4. The number of aromatic carboxylic acids is 1. The molecule has 31 heavy (non-hydrogen) atoms. The standard InChI is InChI=1S/C7H7NO2.C6H5NO2.2C4H9NO/c1-10-7(9)6-3-2-4-8-5-6;8-6(9)5-2-1-3-7-4-5;2*1-3-4(6)5-2/h2-5H,1H3;1-4H,(H,8,9);2*3H2,1-2H3,(H,5,6). The number of nitrogens with one attached hydrogen (secondary N) is 2. The van der Waals surface area contributed by atoms with Gasteiger partial charge in [-0.05, 0) is 24.3 Å². The lowest BCUT2D eigenvalue weighted by Crippen LogP contribution is -2.15. The first-order chi connectivity index (χ1) is 14.8. The van der Waals surface area contributed by atoms with Crippen LogP contribution in [-0.4, -0.2) is 60.0 Å². The highest BCUT2D eigenvalue weighted by molar-refractivity contribution is 5.88. The maximum Gasteiger partial charge on any atom is 0.339 e. The van der Waals surface area contributed by atoms with Crippen molar-refractivity contribution in [3.05, 3.63) is 60.2 Å². The number of esters is 1. The predicted octanol–water partition coefficient (Wildman–Crippen LogP) is 1.93. The average Bonchev–Trinajstić information content (AvgIpc) is 2.84. The SMILES string of the molecule is CCC(=O)NC.CCC(=O)NC.COC(=O)c1cccnc1.O=C(O)c1cccnc1. The monoisotopic (exact) mass is 434 g/mol. The Morgan fingerprint density at radius 3 is 1.48 bits per heavy atom. The Hall–Kier alpha value is -3.82. The number of rotatable bonds is 4. The van der Waals surface area contributed by atoms with Crippen LogP contribution in [0.3, 0.4) is 0 Å². The van der Waals surface area contributed by atoms with E-state index in [1.807, 2.05) is 13.8 Å². The minimum Gasteiger partial charge on any atom is -0.478 e. The van der Waals surface area contributed by atoms with Gasteiger partial charge in [0.25, 0.3) is 0 Å². The van der Waals surface area contributed by atoms with E-state index in [0.717, 1.165) is 0 Å². The molecule has 0 atom stereocenters. The van der Waals surface area contributed by atoms with Gasteiger partial charge in [0.05, 0.1) is 18.2 Å². The summed E-state index contributed by atoms with van der Waals surface area (Å²) in [6, 6.07) is 6.42. The van der Waals surface area contributed by atoms with E-state index < -0.39 is 5.97 Å². The third kappa shape index (κ3) is 16.8. The maximum atomic E-state index is 10.8. The Balaban J connectivity index is 0. The number of carboxylic acid groups (broad SMARTS) is 1. The van der Waals surface area contributed by atoms with Gasteiger partial charge < -0.3 is 20.5 Å². The van der Waals surface area contributed by atoms with E-state index in [1.165, 1.54) is 31.8 Å². The van der Waals surface area contributed by atoms with Gasteiger partial charge in [-0.2, -0.15) is 0 Å². The highest BCUT2D eigenvalue weighted by atomic mass is 16.5. The number of methoxy groups -OCH3 is 1. The summed E-state index contributed by atoms with van der Waals surface area (Å²) in [5, 5.41) is 13.3. The van der Waals surface area contributed by atoms with Gasteiger partial charge in [0.15, 0.2) is 0 Å². The molecule has 0 aliphatic heterocycles. The van der Waals surface area contributed by atoms with Gasteiger partial charge in [0, 0.05) is 51.7 Å². The molecule has 10 nitrogen and oxygen atoms in total. The molecule has 0 radical (unpaired) electrons. The lowest BCUT2D eigenvalue weighted by molar-refractivity contribution is -0.121. The van der Waals surface area contributed by atoms with E-state index in [2.05, 4.69) is 25.3 Å². The Morgan fingerprint density at radius 2 is 1.29 bits per heavy atom. The van der Waals surface area contributed by atoms with Crippen LogP contribution in [0.1, 0.15) is 47.4 Å². The normalized spacial score (nSPS) is 8.42. The van der Waals surface area contributed by atoms with Gasteiger partial charge in [-0.25, -0.2) is 9.59 Å². The van der Waals surface area contributed by atoms with Gasteiger partial charge in [0.2, 0.25) is 11.8 Å². The van der Waals surface area contributed by atoms with E-state index in [4.69, 9.17) is 5.11 Å². The van der Waals surface area contributed by atoms with Crippen LogP contribution >= 0.6 is 0 Å². The Labute approximate surface area is 182 Å². The quantitative estimate of drug-likeness (QED) is 0.618. The third-order valence-electron chi connectivity index (χ3n) is 3.19. The molecule has 2 amide bonds. The van der Waals surface area contributed by atoms with Crippen molar-refractivity contribution in [2.45, 2.75) is 26.7 Å². The molecule has 170 valence electrons. The first-order valence-electron chi connectivity index (χ1n) is 9.29.